The third kappa shape index (κ3) is 3.56. The Labute approximate surface area is 127 Å². The van der Waals surface area contributed by atoms with Crippen molar-refractivity contribution in [3.05, 3.63) is 21.6 Å². The Morgan fingerprint density at radius 3 is 2.68 bits per heavy atom. The van der Waals surface area contributed by atoms with Crippen LogP contribution < -0.4 is 10.1 Å². The van der Waals surface area contributed by atoms with E-state index in [-0.39, 0.29) is 6.10 Å². The molecule has 0 bridgehead atoms. The molecule has 0 aromatic heterocycles. The van der Waals surface area contributed by atoms with E-state index in [1.54, 1.807) is 14.2 Å². The molecule has 106 valence electrons. The van der Waals surface area contributed by atoms with Crippen LogP contribution in [0.3, 0.4) is 0 Å². The van der Waals surface area contributed by atoms with Crippen molar-refractivity contribution in [3.8, 4) is 5.75 Å². The second-order valence-corrected chi connectivity index (χ2v) is 6.07. The number of rotatable bonds is 4. The number of benzene rings is 1. The third-order valence-electron chi connectivity index (χ3n) is 3.56. The molecule has 1 fully saturated rings. The van der Waals surface area contributed by atoms with Crippen molar-refractivity contribution in [3.63, 3.8) is 0 Å². The zero-order chi connectivity index (χ0) is 13.8. The third-order valence-corrected chi connectivity index (χ3v) is 4.37. The lowest BCUT2D eigenvalue weighted by Gasteiger charge is -2.32. The fraction of sp³-hybridized carbons (Fsp3) is 0.571. The number of hydrogen-bond acceptors (Lipinski definition) is 3. The quantitative estimate of drug-likeness (QED) is 0.870. The van der Waals surface area contributed by atoms with Gasteiger partial charge in [0.25, 0.3) is 0 Å². The highest BCUT2D eigenvalue weighted by molar-refractivity contribution is 9.10. The predicted octanol–water partition coefficient (Wildman–Crippen LogP) is 4.48. The molecule has 1 aliphatic rings. The Kier molecular flexibility index (Phi) is 5.37. The molecule has 1 N–H and O–H groups in total. The Morgan fingerprint density at radius 2 is 2.00 bits per heavy atom. The molecule has 1 aliphatic carbocycles. The summed E-state index contributed by atoms with van der Waals surface area (Å²) in [6.07, 6.45) is 4.90. The number of halogens is 2. The minimum Gasteiger partial charge on any atom is -0.493 e. The van der Waals surface area contributed by atoms with Crippen molar-refractivity contribution in [1.82, 2.24) is 0 Å². The van der Waals surface area contributed by atoms with E-state index in [0.29, 0.717) is 11.1 Å². The molecule has 0 aliphatic heterocycles. The molecule has 0 spiro atoms. The molecule has 3 nitrogen and oxygen atoms in total. The number of nitrogens with one attached hydrogen (secondary N) is 1. The summed E-state index contributed by atoms with van der Waals surface area (Å²) in [5, 5.41) is 4.20. The van der Waals surface area contributed by atoms with Gasteiger partial charge in [0.15, 0.2) is 5.75 Å². The van der Waals surface area contributed by atoms with Gasteiger partial charge in [-0.15, -0.1) is 0 Å². The van der Waals surface area contributed by atoms with Crippen molar-refractivity contribution >= 4 is 33.2 Å². The number of ether oxygens (including phenoxy) is 2. The van der Waals surface area contributed by atoms with Gasteiger partial charge < -0.3 is 14.8 Å². The Bertz CT molecular complexity index is 442. The van der Waals surface area contributed by atoms with E-state index in [1.807, 2.05) is 12.1 Å². The molecule has 0 heterocycles. The second-order valence-electron chi connectivity index (χ2n) is 4.78. The monoisotopic (exact) mass is 347 g/mol. The van der Waals surface area contributed by atoms with Crippen LogP contribution in [0.4, 0.5) is 5.69 Å². The Balaban J connectivity index is 2.21. The predicted molar refractivity (Wildman–Crippen MR) is 82.4 cm³/mol. The van der Waals surface area contributed by atoms with Crippen LogP contribution >= 0.6 is 27.5 Å². The van der Waals surface area contributed by atoms with Crippen molar-refractivity contribution in [2.75, 3.05) is 19.5 Å². The fourth-order valence-electron chi connectivity index (χ4n) is 2.62. The first-order valence-corrected chi connectivity index (χ1v) is 7.65. The van der Waals surface area contributed by atoms with Crippen molar-refractivity contribution in [2.45, 2.75) is 37.8 Å². The van der Waals surface area contributed by atoms with Crippen LogP contribution in [0, 0.1) is 0 Å². The zero-order valence-electron chi connectivity index (χ0n) is 11.2. The maximum absolute atomic E-state index is 6.11. The lowest BCUT2D eigenvalue weighted by atomic mass is 9.92. The van der Waals surface area contributed by atoms with E-state index >= 15 is 0 Å². The van der Waals surface area contributed by atoms with Gasteiger partial charge in [0.05, 0.1) is 29.4 Å². The second kappa shape index (κ2) is 6.82. The maximum Gasteiger partial charge on any atom is 0.156 e. The van der Waals surface area contributed by atoms with Gasteiger partial charge in [0, 0.05) is 12.1 Å². The van der Waals surface area contributed by atoms with Crippen molar-refractivity contribution in [2.24, 2.45) is 0 Å². The fourth-order valence-corrected chi connectivity index (χ4v) is 3.59. The first-order valence-electron chi connectivity index (χ1n) is 6.48. The van der Waals surface area contributed by atoms with E-state index in [2.05, 4.69) is 21.2 Å². The van der Waals surface area contributed by atoms with Crippen LogP contribution in [-0.2, 0) is 4.74 Å². The summed E-state index contributed by atoms with van der Waals surface area (Å²) in [6.45, 7) is 0. The van der Waals surface area contributed by atoms with Gasteiger partial charge in [-0.25, -0.2) is 0 Å². The molecular formula is C14H19BrClNO2. The molecule has 1 aromatic rings. The van der Waals surface area contributed by atoms with Crippen LogP contribution in [0.15, 0.2) is 16.6 Å². The maximum atomic E-state index is 6.11. The van der Waals surface area contributed by atoms with E-state index in [1.165, 1.54) is 12.8 Å². The van der Waals surface area contributed by atoms with Gasteiger partial charge in [-0.05, 0) is 40.9 Å². The molecule has 1 aromatic carbocycles. The van der Waals surface area contributed by atoms with Crippen LogP contribution in [0.25, 0.3) is 0 Å². The summed E-state index contributed by atoms with van der Waals surface area (Å²) in [5.41, 5.74) is 0.913. The topological polar surface area (TPSA) is 30.5 Å². The molecule has 5 heteroatoms. The highest BCUT2D eigenvalue weighted by Gasteiger charge is 2.26. The van der Waals surface area contributed by atoms with Gasteiger partial charge in [-0.3, -0.25) is 0 Å². The van der Waals surface area contributed by atoms with E-state index < -0.39 is 0 Å². The van der Waals surface area contributed by atoms with Crippen LogP contribution in [0.1, 0.15) is 25.7 Å². The zero-order valence-corrected chi connectivity index (χ0v) is 13.6. The summed E-state index contributed by atoms with van der Waals surface area (Å²) in [4.78, 5) is 0. The first-order chi connectivity index (χ1) is 9.15. The molecular weight excluding hydrogens is 330 g/mol. The normalized spacial score (nSPS) is 23.2. The highest BCUT2D eigenvalue weighted by atomic mass is 79.9. The number of hydrogen-bond donors (Lipinski definition) is 1. The van der Waals surface area contributed by atoms with Gasteiger partial charge in [-0.1, -0.05) is 24.4 Å². The van der Waals surface area contributed by atoms with Gasteiger partial charge >= 0.3 is 0 Å². The molecule has 19 heavy (non-hydrogen) atoms. The lowest BCUT2D eigenvalue weighted by molar-refractivity contribution is 0.0605. The van der Waals surface area contributed by atoms with Crippen LogP contribution in [0.2, 0.25) is 5.02 Å². The van der Waals surface area contributed by atoms with Crippen molar-refractivity contribution in [1.29, 1.82) is 0 Å². The van der Waals surface area contributed by atoms with Crippen LogP contribution in [-0.4, -0.2) is 26.4 Å². The summed E-state index contributed by atoms with van der Waals surface area (Å²) in [5.74, 6) is 0.782. The summed E-state index contributed by atoms with van der Waals surface area (Å²) < 4.78 is 11.9. The first kappa shape index (κ1) is 14.9. The SMILES string of the molecule is COc1c(Br)cc(Cl)cc1NC1CCCCC1OC. The van der Waals surface area contributed by atoms with E-state index in [0.717, 1.165) is 28.8 Å². The smallest absolute Gasteiger partial charge is 0.156 e. The molecule has 2 rings (SSSR count). The average Bonchev–Trinajstić information content (AvgIpc) is 2.39. The van der Waals surface area contributed by atoms with Gasteiger partial charge in [-0.2, -0.15) is 0 Å². The highest BCUT2D eigenvalue weighted by Crippen LogP contribution is 2.37. The minimum absolute atomic E-state index is 0.246. The number of methoxy groups -OCH3 is 2. The largest absolute Gasteiger partial charge is 0.493 e. The molecule has 2 atom stereocenters. The molecule has 2 unspecified atom stereocenters. The molecule has 0 amide bonds. The molecule has 1 saturated carbocycles. The average molecular weight is 349 g/mol. The van der Waals surface area contributed by atoms with Gasteiger partial charge in [0.2, 0.25) is 0 Å². The molecule has 0 saturated heterocycles. The summed E-state index contributed by atoms with van der Waals surface area (Å²) in [7, 11) is 3.43. The lowest BCUT2D eigenvalue weighted by Crippen LogP contribution is -2.37. The Morgan fingerprint density at radius 1 is 1.26 bits per heavy atom. The summed E-state index contributed by atoms with van der Waals surface area (Å²) >= 11 is 9.58. The van der Waals surface area contributed by atoms with Crippen LogP contribution in [0.5, 0.6) is 5.75 Å². The van der Waals surface area contributed by atoms with Gasteiger partial charge in [0.1, 0.15) is 0 Å². The molecule has 0 radical (unpaired) electrons. The minimum atomic E-state index is 0.246. The van der Waals surface area contributed by atoms with Crippen molar-refractivity contribution < 1.29 is 9.47 Å². The Hall–Kier alpha value is -0.450. The number of anilines is 1. The standard InChI is InChI=1S/C14H19BrClNO2/c1-18-13-6-4-3-5-11(13)17-12-8-9(16)7-10(15)14(12)19-2/h7-8,11,13,17H,3-6H2,1-2H3. The summed E-state index contributed by atoms with van der Waals surface area (Å²) in [6, 6.07) is 4.03. The van der Waals surface area contributed by atoms with E-state index in [9.17, 15) is 0 Å². The van der Waals surface area contributed by atoms with E-state index in [4.69, 9.17) is 21.1 Å².